The highest BCUT2D eigenvalue weighted by atomic mass is 14.7. The van der Waals surface area contributed by atoms with Crippen LogP contribution >= 0.6 is 0 Å². The molecule has 2 aromatic rings. The average molecular weight is 263 g/mol. The summed E-state index contributed by atoms with van der Waals surface area (Å²) in [4.78, 5) is 4.37. The first-order valence-corrected chi connectivity index (χ1v) is 6.81. The summed E-state index contributed by atoms with van der Waals surface area (Å²) in [6.07, 6.45) is 3.71. The predicted molar refractivity (Wildman–Crippen MR) is 87.6 cm³/mol. The Balaban J connectivity index is 2.49. The second-order valence-electron chi connectivity index (χ2n) is 5.95. The number of hydrogen-bond donors (Lipinski definition) is 0. The SMILES string of the molecule is C=Cc1ccc(C(=C)c2ccccn2)cc1C(C)(C)C. The molecule has 0 amide bonds. The number of rotatable bonds is 3. The van der Waals surface area contributed by atoms with Crippen molar-refractivity contribution in [3.05, 3.63) is 78.1 Å². The Labute approximate surface area is 121 Å². The van der Waals surface area contributed by atoms with E-state index >= 15 is 0 Å². The van der Waals surface area contributed by atoms with Crippen molar-refractivity contribution in [1.82, 2.24) is 4.98 Å². The quantitative estimate of drug-likeness (QED) is 0.752. The molecular formula is C19H21N. The van der Waals surface area contributed by atoms with E-state index in [-0.39, 0.29) is 5.41 Å². The summed E-state index contributed by atoms with van der Waals surface area (Å²) in [5, 5.41) is 0. The van der Waals surface area contributed by atoms with Crippen molar-refractivity contribution >= 4 is 11.6 Å². The van der Waals surface area contributed by atoms with Crippen molar-refractivity contribution < 1.29 is 0 Å². The van der Waals surface area contributed by atoms with Crippen LogP contribution in [0.25, 0.3) is 11.6 Å². The second-order valence-corrected chi connectivity index (χ2v) is 5.95. The largest absolute Gasteiger partial charge is 0.256 e. The minimum Gasteiger partial charge on any atom is -0.256 e. The molecule has 0 saturated carbocycles. The molecule has 2 rings (SSSR count). The first-order valence-electron chi connectivity index (χ1n) is 6.81. The van der Waals surface area contributed by atoms with Crippen LogP contribution in [0.4, 0.5) is 0 Å². The zero-order chi connectivity index (χ0) is 14.8. The number of nitrogens with zero attached hydrogens (tertiary/aromatic N) is 1. The van der Waals surface area contributed by atoms with Gasteiger partial charge in [0.2, 0.25) is 0 Å². The van der Waals surface area contributed by atoms with E-state index in [9.17, 15) is 0 Å². The Morgan fingerprint density at radius 3 is 2.45 bits per heavy atom. The van der Waals surface area contributed by atoms with E-state index in [4.69, 9.17) is 0 Å². The summed E-state index contributed by atoms with van der Waals surface area (Å²) in [6.45, 7) is 14.7. The lowest BCUT2D eigenvalue weighted by Gasteiger charge is -2.23. The van der Waals surface area contributed by atoms with Crippen molar-refractivity contribution in [2.75, 3.05) is 0 Å². The molecule has 0 aliphatic rings. The Hall–Kier alpha value is -2.15. The van der Waals surface area contributed by atoms with Crippen LogP contribution in [0.15, 0.2) is 55.8 Å². The number of pyridine rings is 1. The van der Waals surface area contributed by atoms with E-state index in [1.54, 1.807) is 6.20 Å². The van der Waals surface area contributed by atoms with Gasteiger partial charge in [-0.2, -0.15) is 0 Å². The molecule has 102 valence electrons. The fourth-order valence-electron chi connectivity index (χ4n) is 2.26. The topological polar surface area (TPSA) is 12.9 Å². The Morgan fingerprint density at radius 1 is 1.15 bits per heavy atom. The molecule has 0 unspecified atom stereocenters. The van der Waals surface area contributed by atoms with Gasteiger partial charge in [-0.05, 0) is 40.3 Å². The van der Waals surface area contributed by atoms with Crippen molar-refractivity contribution in [2.24, 2.45) is 0 Å². The van der Waals surface area contributed by atoms with Gasteiger partial charge in [0.05, 0.1) is 5.69 Å². The lowest BCUT2D eigenvalue weighted by Crippen LogP contribution is -2.13. The van der Waals surface area contributed by atoms with E-state index in [0.717, 1.165) is 16.8 Å². The van der Waals surface area contributed by atoms with E-state index in [1.807, 2.05) is 24.3 Å². The summed E-state index contributed by atoms with van der Waals surface area (Å²) in [5.74, 6) is 0. The maximum Gasteiger partial charge on any atom is 0.0702 e. The molecule has 1 heterocycles. The monoisotopic (exact) mass is 263 g/mol. The predicted octanol–water partition coefficient (Wildman–Crippen LogP) is 5.08. The smallest absolute Gasteiger partial charge is 0.0702 e. The zero-order valence-electron chi connectivity index (χ0n) is 12.5. The highest BCUT2D eigenvalue weighted by molar-refractivity contribution is 5.77. The van der Waals surface area contributed by atoms with Gasteiger partial charge in [0.15, 0.2) is 0 Å². The molecule has 1 aromatic carbocycles. The number of hydrogen-bond acceptors (Lipinski definition) is 1. The van der Waals surface area contributed by atoms with Crippen LogP contribution in [0.2, 0.25) is 0 Å². The van der Waals surface area contributed by atoms with Crippen LogP contribution in [-0.4, -0.2) is 4.98 Å². The normalized spacial score (nSPS) is 11.2. The summed E-state index contributed by atoms with van der Waals surface area (Å²) < 4.78 is 0. The fraction of sp³-hybridized carbons (Fsp3) is 0.211. The average Bonchev–Trinajstić information content (AvgIpc) is 2.46. The van der Waals surface area contributed by atoms with Crippen LogP contribution in [0.5, 0.6) is 0 Å². The van der Waals surface area contributed by atoms with Gasteiger partial charge in [-0.1, -0.05) is 58.2 Å². The van der Waals surface area contributed by atoms with Crippen molar-refractivity contribution in [1.29, 1.82) is 0 Å². The van der Waals surface area contributed by atoms with Gasteiger partial charge >= 0.3 is 0 Å². The van der Waals surface area contributed by atoms with E-state index < -0.39 is 0 Å². The minimum atomic E-state index is 0.0733. The second kappa shape index (κ2) is 5.46. The Morgan fingerprint density at radius 2 is 1.90 bits per heavy atom. The zero-order valence-corrected chi connectivity index (χ0v) is 12.5. The van der Waals surface area contributed by atoms with Gasteiger partial charge in [-0.15, -0.1) is 0 Å². The molecule has 1 aromatic heterocycles. The first kappa shape index (κ1) is 14.3. The molecule has 0 fully saturated rings. The highest BCUT2D eigenvalue weighted by Gasteiger charge is 2.18. The summed E-state index contributed by atoms with van der Waals surface area (Å²) in [5.41, 5.74) is 5.51. The molecule has 1 nitrogen and oxygen atoms in total. The van der Waals surface area contributed by atoms with E-state index in [1.165, 1.54) is 11.1 Å². The number of benzene rings is 1. The molecule has 0 aliphatic heterocycles. The lowest BCUT2D eigenvalue weighted by atomic mass is 9.82. The van der Waals surface area contributed by atoms with Gasteiger partial charge in [-0.3, -0.25) is 4.98 Å². The lowest BCUT2D eigenvalue weighted by molar-refractivity contribution is 0.589. The van der Waals surface area contributed by atoms with E-state index in [0.29, 0.717) is 0 Å². The molecular weight excluding hydrogens is 242 g/mol. The third-order valence-corrected chi connectivity index (χ3v) is 3.40. The Kier molecular flexibility index (Phi) is 3.89. The molecule has 20 heavy (non-hydrogen) atoms. The van der Waals surface area contributed by atoms with Crippen molar-refractivity contribution in [3.8, 4) is 0 Å². The summed E-state index contributed by atoms with van der Waals surface area (Å²) >= 11 is 0. The maximum absolute atomic E-state index is 4.37. The molecule has 0 N–H and O–H groups in total. The molecule has 0 bridgehead atoms. The molecule has 0 atom stereocenters. The van der Waals surface area contributed by atoms with Gasteiger partial charge < -0.3 is 0 Å². The van der Waals surface area contributed by atoms with Gasteiger partial charge in [0, 0.05) is 11.8 Å². The maximum atomic E-state index is 4.37. The van der Waals surface area contributed by atoms with Gasteiger partial charge in [0.1, 0.15) is 0 Å². The van der Waals surface area contributed by atoms with Crippen molar-refractivity contribution in [3.63, 3.8) is 0 Å². The fourth-order valence-corrected chi connectivity index (χ4v) is 2.26. The van der Waals surface area contributed by atoms with Gasteiger partial charge in [-0.25, -0.2) is 0 Å². The number of aromatic nitrogens is 1. The third kappa shape index (κ3) is 2.88. The highest BCUT2D eigenvalue weighted by Crippen LogP contribution is 2.30. The molecule has 0 aliphatic carbocycles. The van der Waals surface area contributed by atoms with Crippen LogP contribution in [0, 0.1) is 0 Å². The molecule has 1 heteroatoms. The Bertz CT molecular complexity index is 631. The van der Waals surface area contributed by atoms with Crippen LogP contribution in [0.1, 0.15) is 43.2 Å². The molecule has 0 saturated heterocycles. The summed E-state index contributed by atoms with van der Waals surface area (Å²) in [6, 6.07) is 12.3. The molecule has 0 radical (unpaired) electrons. The van der Waals surface area contributed by atoms with Crippen LogP contribution < -0.4 is 0 Å². The van der Waals surface area contributed by atoms with Gasteiger partial charge in [0.25, 0.3) is 0 Å². The summed E-state index contributed by atoms with van der Waals surface area (Å²) in [7, 11) is 0. The van der Waals surface area contributed by atoms with Crippen LogP contribution in [-0.2, 0) is 5.41 Å². The van der Waals surface area contributed by atoms with Crippen LogP contribution in [0.3, 0.4) is 0 Å². The first-order chi connectivity index (χ1) is 9.43. The van der Waals surface area contributed by atoms with Crippen molar-refractivity contribution in [2.45, 2.75) is 26.2 Å². The third-order valence-electron chi connectivity index (χ3n) is 3.40. The van der Waals surface area contributed by atoms with E-state index in [2.05, 4.69) is 57.1 Å². The standard InChI is InChI=1S/C19H21N/c1-6-15-10-11-16(13-17(15)19(3,4)5)14(2)18-9-7-8-12-20-18/h6-13H,1-2H2,3-5H3. The molecule has 0 spiro atoms. The minimum absolute atomic E-state index is 0.0733.